The summed E-state index contributed by atoms with van der Waals surface area (Å²) < 4.78 is 0. The van der Waals surface area contributed by atoms with Gasteiger partial charge in [-0.3, -0.25) is 4.79 Å². The van der Waals surface area contributed by atoms with Crippen molar-refractivity contribution in [2.75, 3.05) is 0 Å². The Balaban J connectivity index is 2.01. The van der Waals surface area contributed by atoms with Crippen molar-refractivity contribution >= 4 is 28.1 Å². The van der Waals surface area contributed by atoms with E-state index in [9.17, 15) is 9.90 Å². The number of benzene rings is 2. The summed E-state index contributed by atoms with van der Waals surface area (Å²) in [5.74, 6) is -0.154. The smallest absolute Gasteiger partial charge is 0.214 e. The number of nitrogens with one attached hydrogen (secondary N) is 1. The zero-order valence-electron chi connectivity index (χ0n) is 12.3. The molecule has 3 aromatic rings. The molecule has 2 heterocycles. The zero-order chi connectivity index (χ0) is 15.4. The van der Waals surface area contributed by atoms with E-state index in [4.69, 9.17) is 0 Å². The first-order valence-electron chi connectivity index (χ1n) is 7.11. The van der Waals surface area contributed by atoms with E-state index in [0.29, 0.717) is 22.5 Å². The SMILES string of the molecule is Cc1cccc2c1N=C(c1c(O)[nH]c3c(C)cccc13)C2=O. The molecule has 1 aliphatic heterocycles. The minimum atomic E-state index is -0.142. The molecule has 0 spiro atoms. The van der Waals surface area contributed by atoms with E-state index in [1.165, 1.54) is 0 Å². The highest BCUT2D eigenvalue weighted by Crippen LogP contribution is 2.37. The van der Waals surface area contributed by atoms with Gasteiger partial charge < -0.3 is 10.1 Å². The number of fused-ring (bicyclic) bond motifs is 2. The van der Waals surface area contributed by atoms with Gasteiger partial charge in [-0.25, -0.2) is 4.99 Å². The molecular weight excluding hydrogens is 276 g/mol. The Hall–Kier alpha value is -2.88. The predicted molar refractivity (Wildman–Crippen MR) is 86.4 cm³/mol. The number of nitrogens with zero attached hydrogens (tertiary/aromatic N) is 1. The lowest BCUT2D eigenvalue weighted by Crippen LogP contribution is -2.10. The molecule has 22 heavy (non-hydrogen) atoms. The molecule has 0 radical (unpaired) electrons. The van der Waals surface area contributed by atoms with Gasteiger partial charge in [-0.05, 0) is 31.0 Å². The molecule has 0 saturated carbocycles. The van der Waals surface area contributed by atoms with Gasteiger partial charge in [0.2, 0.25) is 5.78 Å². The summed E-state index contributed by atoms with van der Waals surface area (Å²) in [6.07, 6.45) is 0. The number of hydrogen-bond acceptors (Lipinski definition) is 3. The van der Waals surface area contributed by atoms with Crippen LogP contribution in [0, 0.1) is 13.8 Å². The molecular formula is C18H14N2O2. The van der Waals surface area contributed by atoms with Gasteiger partial charge in [0.25, 0.3) is 0 Å². The van der Waals surface area contributed by atoms with Crippen molar-refractivity contribution in [3.63, 3.8) is 0 Å². The topological polar surface area (TPSA) is 65.5 Å². The Labute approximate surface area is 127 Å². The van der Waals surface area contributed by atoms with Crippen LogP contribution in [-0.2, 0) is 0 Å². The highest BCUT2D eigenvalue weighted by molar-refractivity contribution is 6.56. The molecule has 0 amide bonds. The van der Waals surface area contributed by atoms with Crippen molar-refractivity contribution in [3.05, 3.63) is 58.7 Å². The van der Waals surface area contributed by atoms with Crippen LogP contribution < -0.4 is 0 Å². The number of aromatic nitrogens is 1. The van der Waals surface area contributed by atoms with E-state index in [1.54, 1.807) is 6.07 Å². The lowest BCUT2D eigenvalue weighted by Gasteiger charge is -1.99. The molecule has 0 fully saturated rings. The molecule has 108 valence electrons. The average Bonchev–Trinajstić information content (AvgIpc) is 2.99. The first-order valence-corrected chi connectivity index (χ1v) is 7.11. The number of carbonyl (C=O) groups is 1. The second-order valence-electron chi connectivity index (χ2n) is 5.61. The van der Waals surface area contributed by atoms with Crippen LogP contribution in [0.4, 0.5) is 5.69 Å². The van der Waals surface area contributed by atoms with Gasteiger partial charge in [0.1, 0.15) is 5.71 Å². The van der Waals surface area contributed by atoms with Crippen molar-refractivity contribution in [1.29, 1.82) is 0 Å². The third kappa shape index (κ3) is 1.58. The van der Waals surface area contributed by atoms with Crippen LogP contribution >= 0.6 is 0 Å². The minimum Gasteiger partial charge on any atom is -0.494 e. The molecule has 1 aromatic heterocycles. The van der Waals surface area contributed by atoms with E-state index in [-0.39, 0.29) is 11.7 Å². The van der Waals surface area contributed by atoms with E-state index in [1.807, 2.05) is 44.2 Å². The van der Waals surface area contributed by atoms with Gasteiger partial charge in [0, 0.05) is 5.39 Å². The first-order chi connectivity index (χ1) is 10.6. The number of para-hydroxylation sites is 2. The molecule has 2 aromatic carbocycles. The van der Waals surface area contributed by atoms with Gasteiger partial charge in [0.05, 0.1) is 22.3 Å². The van der Waals surface area contributed by atoms with Crippen molar-refractivity contribution in [3.8, 4) is 5.88 Å². The van der Waals surface area contributed by atoms with Crippen LogP contribution in [0.15, 0.2) is 41.4 Å². The first kappa shape index (κ1) is 12.8. The number of hydrogen-bond donors (Lipinski definition) is 2. The fourth-order valence-electron chi connectivity index (χ4n) is 3.04. The Kier molecular flexibility index (Phi) is 2.51. The second kappa shape index (κ2) is 4.31. The number of aliphatic imine (C=N–C) groups is 1. The maximum atomic E-state index is 12.7. The molecule has 4 rings (SSSR count). The van der Waals surface area contributed by atoms with Crippen LogP contribution in [0.5, 0.6) is 5.88 Å². The van der Waals surface area contributed by atoms with Crippen molar-refractivity contribution < 1.29 is 9.90 Å². The molecule has 4 nitrogen and oxygen atoms in total. The molecule has 1 aliphatic rings. The number of aryl methyl sites for hydroxylation is 2. The zero-order valence-corrected chi connectivity index (χ0v) is 12.3. The quantitative estimate of drug-likeness (QED) is 0.715. The van der Waals surface area contributed by atoms with E-state index < -0.39 is 0 Å². The fourth-order valence-corrected chi connectivity index (χ4v) is 3.04. The average molecular weight is 290 g/mol. The van der Waals surface area contributed by atoms with Gasteiger partial charge >= 0.3 is 0 Å². The predicted octanol–water partition coefficient (Wildman–Crippen LogP) is 3.81. The van der Waals surface area contributed by atoms with Gasteiger partial charge in [-0.15, -0.1) is 0 Å². The molecule has 4 heteroatoms. The lowest BCUT2D eigenvalue weighted by molar-refractivity contribution is 0.107. The molecule has 2 N–H and O–H groups in total. The molecule has 0 atom stereocenters. The lowest BCUT2D eigenvalue weighted by atomic mass is 10.00. The maximum Gasteiger partial charge on any atom is 0.214 e. The van der Waals surface area contributed by atoms with Crippen molar-refractivity contribution in [2.24, 2.45) is 4.99 Å². The second-order valence-corrected chi connectivity index (χ2v) is 5.61. The number of rotatable bonds is 1. The number of ketones is 1. The monoisotopic (exact) mass is 290 g/mol. The van der Waals surface area contributed by atoms with Crippen molar-refractivity contribution in [2.45, 2.75) is 13.8 Å². The summed E-state index contributed by atoms with van der Waals surface area (Å²) in [4.78, 5) is 20.1. The summed E-state index contributed by atoms with van der Waals surface area (Å²) >= 11 is 0. The van der Waals surface area contributed by atoms with Crippen LogP contribution in [0.2, 0.25) is 0 Å². The summed E-state index contributed by atoms with van der Waals surface area (Å²) in [5.41, 5.74) is 4.88. The van der Waals surface area contributed by atoms with Crippen LogP contribution in [0.3, 0.4) is 0 Å². The highest BCUT2D eigenvalue weighted by Gasteiger charge is 2.30. The van der Waals surface area contributed by atoms with Crippen LogP contribution in [-0.4, -0.2) is 21.6 Å². The number of aromatic amines is 1. The number of Topliss-reactive ketones (excluding diaryl/α,β-unsaturated/α-hetero) is 1. The van der Waals surface area contributed by atoms with Crippen LogP contribution in [0.25, 0.3) is 10.9 Å². The Morgan fingerprint density at radius 1 is 1.05 bits per heavy atom. The Morgan fingerprint density at radius 3 is 2.55 bits per heavy atom. The van der Waals surface area contributed by atoms with Crippen molar-refractivity contribution in [1.82, 2.24) is 4.98 Å². The Morgan fingerprint density at radius 2 is 1.77 bits per heavy atom. The number of aromatic hydroxyl groups is 1. The van der Waals surface area contributed by atoms with E-state index >= 15 is 0 Å². The largest absolute Gasteiger partial charge is 0.494 e. The highest BCUT2D eigenvalue weighted by atomic mass is 16.3. The minimum absolute atomic E-state index is 0.0122. The number of carbonyl (C=O) groups excluding carboxylic acids is 1. The molecule has 0 saturated heterocycles. The normalized spacial score (nSPS) is 13.5. The van der Waals surface area contributed by atoms with E-state index in [0.717, 1.165) is 22.0 Å². The van der Waals surface area contributed by atoms with Gasteiger partial charge in [-0.1, -0.05) is 30.3 Å². The molecule has 0 bridgehead atoms. The molecule has 0 unspecified atom stereocenters. The van der Waals surface area contributed by atoms with Gasteiger partial charge in [0.15, 0.2) is 5.88 Å². The maximum absolute atomic E-state index is 12.7. The van der Waals surface area contributed by atoms with Crippen LogP contribution in [0.1, 0.15) is 27.0 Å². The third-order valence-corrected chi connectivity index (χ3v) is 4.18. The number of H-pyrrole nitrogens is 1. The van der Waals surface area contributed by atoms with Gasteiger partial charge in [-0.2, -0.15) is 0 Å². The fraction of sp³-hybridized carbons (Fsp3) is 0.111. The third-order valence-electron chi connectivity index (χ3n) is 4.18. The summed E-state index contributed by atoms with van der Waals surface area (Å²) in [6.45, 7) is 3.89. The Bertz CT molecular complexity index is 980. The summed E-state index contributed by atoms with van der Waals surface area (Å²) in [5, 5.41) is 11.1. The molecule has 0 aliphatic carbocycles. The summed E-state index contributed by atoms with van der Waals surface area (Å²) in [6, 6.07) is 11.3. The van der Waals surface area contributed by atoms with E-state index in [2.05, 4.69) is 9.98 Å². The summed E-state index contributed by atoms with van der Waals surface area (Å²) in [7, 11) is 0. The standard InChI is InChI=1S/C18H14N2O2/c1-9-5-3-7-11-13(18(22)20-14(9)11)16-17(21)12-8-4-6-10(2)15(12)19-16/h3-8,20,22H,1-2H3.